The van der Waals surface area contributed by atoms with Gasteiger partial charge in [-0.3, -0.25) is 0 Å². The Labute approximate surface area is 102 Å². The number of aromatic hydroxyl groups is 1. The minimum absolute atomic E-state index is 0.0365. The average Bonchev–Trinajstić information content (AvgIpc) is 2.26. The lowest BCUT2D eigenvalue weighted by Crippen LogP contribution is -1.83. The molecule has 0 saturated heterocycles. The average molecular weight is 257 g/mol. The molecule has 0 radical (unpaired) electrons. The quantitative estimate of drug-likeness (QED) is 0.797. The normalized spacial score (nSPS) is 10.4. The number of benzene rings is 2. The molecule has 0 aliphatic rings. The van der Waals surface area contributed by atoms with Gasteiger partial charge in [0.2, 0.25) is 0 Å². The summed E-state index contributed by atoms with van der Waals surface area (Å²) in [4.78, 5) is 0. The summed E-state index contributed by atoms with van der Waals surface area (Å²) in [5.41, 5.74) is 0.832. The van der Waals surface area contributed by atoms with Gasteiger partial charge in [0, 0.05) is 11.1 Å². The third-order valence-corrected chi connectivity index (χ3v) is 3.02. The molecule has 2 aromatic rings. The Morgan fingerprint density at radius 2 is 1.75 bits per heavy atom. The van der Waals surface area contributed by atoms with Crippen LogP contribution in [0.5, 0.6) is 5.75 Å². The minimum Gasteiger partial charge on any atom is -0.507 e. The maximum absolute atomic E-state index is 13.1. The standard InChI is InChI=1S/C12H7Cl2FO/c13-10-3-1-2-8(12(10)14)9-6-7(15)4-5-11(9)16/h1-6,16H. The van der Waals surface area contributed by atoms with Crippen LogP contribution in [0.4, 0.5) is 4.39 Å². The highest BCUT2D eigenvalue weighted by Gasteiger charge is 2.11. The smallest absolute Gasteiger partial charge is 0.124 e. The number of phenolic OH excluding ortho intramolecular Hbond substituents is 1. The van der Waals surface area contributed by atoms with Gasteiger partial charge in [0.05, 0.1) is 10.0 Å². The summed E-state index contributed by atoms with van der Waals surface area (Å²) in [6.07, 6.45) is 0. The Morgan fingerprint density at radius 1 is 1.00 bits per heavy atom. The minimum atomic E-state index is -0.441. The third kappa shape index (κ3) is 1.99. The van der Waals surface area contributed by atoms with Crippen LogP contribution in [0.3, 0.4) is 0 Å². The zero-order chi connectivity index (χ0) is 11.7. The van der Waals surface area contributed by atoms with E-state index in [2.05, 4.69) is 0 Å². The first-order chi connectivity index (χ1) is 7.59. The van der Waals surface area contributed by atoms with E-state index in [1.54, 1.807) is 18.2 Å². The van der Waals surface area contributed by atoms with Crippen LogP contribution in [0.2, 0.25) is 10.0 Å². The van der Waals surface area contributed by atoms with Gasteiger partial charge in [0.15, 0.2) is 0 Å². The number of hydrogen-bond donors (Lipinski definition) is 1. The van der Waals surface area contributed by atoms with Gasteiger partial charge in [0.25, 0.3) is 0 Å². The third-order valence-electron chi connectivity index (χ3n) is 2.20. The van der Waals surface area contributed by atoms with Gasteiger partial charge in [-0.05, 0) is 24.3 Å². The van der Waals surface area contributed by atoms with Crippen molar-refractivity contribution in [3.05, 3.63) is 52.3 Å². The van der Waals surface area contributed by atoms with Gasteiger partial charge in [-0.25, -0.2) is 4.39 Å². The molecular formula is C12H7Cl2FO. The van der Waals surface area contributed by atoms with Crippen LogP contribution in [0, 0.1) is 5.82 Å². The topological polar surface area (TPSA) is 20.2 Å². The first-order valence-electron chi connectivity index (χ1n) is 4.52. The van der Waals surface area contributed by atoms with Crippen molar-refractivity contribution in [1.82, 2.24) is 0 Å². The molecule has 82 valence electrons. The fourth-order valence-corrected chi connectivity index (χ4v) is 1.84. The molecule has 0 bridgehead atoms. The van der Waals surface area contributed by atoms with Crippen molar-refractivity contribution in [3.63, 3.8) is 0 Å². The molecular weight excluding hydrogens is 250 g/mol. The monoisotopic (exact) mass is 256 g/mol. The summed E-state index contributed by atoms with van der Waals surface area (Å²) in [5.74, 6) is -0.477. The molecule has 1 N–H and O–H groups in total. The largest absolute Gasteiger partial charge is 0.507 e. The zero-order valence-corrected chi connectivity index (χ0v) is 9.56. The number of rotatable bonds is 1. The molecule has 0 fully saturated rings. The van der Waals surface area contributed by atoms with Crippen LogP contribution in [0.25, 0.3) is 11.1 Å². The molecule has 0 aliphatic heterocycles. The van der Waals surface area contributed by atoms with Crippen molar-refractivity contribution in [3.8, 4) is 16.9 Å². The molecule has 4 heteroatoms. The van der Waals surface area contributed by atoms with Gasteiger partial charge in [-0.1, -0.05) is 35.3 Å². The van der Waals surface area contributed by atoms with Crippen LogP contribution in [-0.4, -0.2) is 5.11 Å². The summed E-state index contributed by atoms with van der Waals surface area (Å²) < 4.78 is 13.1. The van der Waals surface area contributed by atoms with Crippen molar-refractivity contribution in [2.75, 3.05) is 0 Å². The van der Waals surface area contributed by atoms with Crippen LogP contribution >= 0.6 is 23.2 Å². The molecule has 2 aromatic carbocycles. The number of phenols is 1. The summed E-state index contributed by atoms with van der Waals surface area (Å²) in [7, 11) is 0. The summed E-state index contributed by atoms with van der Waals surface area (Å²) in [6, 6.07) is 8.66. The Balaban J connectivity index is 2.67. The Hall–Kier alpha value is -1.25. The van der Waals surface area contributed by atoms with E-state index in [-0.39, 0.29) is 5.75 Å². The first-order valence-corrected chi connectivity index (χ1v) is 5.28. The van der Waals surface area contributed by atoms with Gasteiger partial charge in [-0.15, -0.1) is 0 Å². The van der Waals surface area contributed by atoms with Crippen LogP contribution in [-0.2, 0) is 0 Å². The van der Waals surface area contributed by atoms with Crippen molar-refractivity contribution >= 4 is 23.2 Å². The second-order valence-electron chi connectivity index (χ2n) is 3.26. The highest BCUT2D eigenvalue weighted by molar-refractivity contribution is 6.43. The fraction of sp³-hybridized carbons (Fsp3) is 0. The summed E-state index contributed by atoms with van der Waals surface area (Å²) in [6.45, 7) is 0. The lowest BCUT2D eigenvalue weighted by molar-refractivity contribution is 0.475. The molecule has 0 spiro atoms. The first kappa shape index (κ1) is 11.2. The van der Waals surface area contributed by atoms with Crippen LogP contribution in [0.1, 0.15) is 0 Å². The van der Waals surface area contributed by atoms with Gasteiger partial charge >= 0.3 is 0 Å². The van der Waals surface area contributed by atoms with E-state index < -0.39 is 5.82 Å². The second kappa shape index (κ2) is 4.32. The van der Waals surface area contributed by atoms with E-state index in [0.29, 0.717) is 21.2 Å². The van der Waals surface area contributed by atoms with Gasteiger partial charge in [0.1, 0.15) is 11.6 Å². The van der Waals surface area contributed by atoms with Crippen molar-refractivity contribution in [2.45, 2.75) is 0 Å². The molecule has 1 nitrogen and oxygen atoms in total. The van der Waals surface area contributed by atoms with Crippen molar-refractivity contribution in [1.29, 1.82) is 0 Å². The van der Waals surface area contributed by atoms with Gasteiger partial charge in [-0.2, -0.15) is 0 Å². The van der Waals surface area contributed by atoms with Crippen LogP contribution in [0.15, 0.2) is 36.4 Å². The van der Waals surface area contributed by atoms with Crippen LogP contribution < -0.4 is 0 Å². The maximum atomic E-state index is 13.1. The predicted octanol–water partition coefficient (Wildman–Crippen LogP) is 4.51. The van der Waals surface area contributed by atoms with E-state index in [1.165, 1.54) is 18.2 Å². The lowest BCUT2D eigenvalue weighted by Gasteiger charge is -2.08. The van der Waals surface area contributed by atoms with E-state index >= 15 is 0 Å². The predicted molar refractivity (Wildman–Crippen MR) is 63.5 cm³/mol. The lowest BCUT2D eigenvalue weighted by atomic mass is 10.0. The fourth-order valence-electron chi connectivity index (χ4n) is 1.44. The summed E-state index contributed by atoms with van der Waals surface area (Å²) >= 11 is 11.8. The molecule has 0 atom stereocenters. The molecule has 0 amide bonds. The van der Waals surface area contributed by atoms with E-state index in [0.717, 1.165) is 0 Å². The van der Waals surface area contributed by atoms with Crippen molar-refractivity contribution < 1.29 is 9.50 Å². The molecule has 0 heterocycles. The van der Waals surface area contributed by atoms with E-state index in [4.69, 9.17) is 23.2 Å². The zero-order valence-electron chi connectivity index (χ0n) is 8.05. The molecule has 0 aliphatic carbocycles. The molecule has 0 aromatic heterocycles. The Bertz CT molecular complexity index is 541. The highest BCUT2D eigenvalue weighted by Crippen LogP contribution is 2.37. The Morgan fingerprint density at radius 3 is 2.50 bits per heavy atom. The SMILES string of the molecule is Oc1ccc(F)cc1-c1cccc(Cl)c1Cl. The summed E-state index contributed by atoms with van der Waals surface area (Å²) in [5, 5.41) is 10.3. The maximum Gasteiger partial charge on any atom is 0.124 e. The Kier molecular flexibility index (Phi) is 3.03. The molecule has 2 rings (SSSR count). The van der Waals surface area contributed by atoms with Crippen molar-refractivity contribution in [2.24, 2.45) is 0 Å². The van der Waals surface area contributed by atoms with Gasteiger partial charge < -0.3 is 5.11 Å². The van der Waals surface area contributed by atoms with E-state index in [1.807, 2.05) is 0 Å². The molecule has 16 heavy (non-hydrogen) atoms. The van der Waals surface area contributed by atoms with E-state index in [9.17, 15) is 9.50 Å². The number of hydrogen-bond acceptors (Lipinski definition) is 1. The second-order valence-corrected chi connectivity index (χ2v) is 4.05. The highest BCUT2D eigenvalue weighted by atomic mass is 35.5. The molecule has 0 saturated carbocycles. The molecule has 0 unspecified atom stereocenters. The number of halogens is 3.